The number of aliphatic carboxylic acids is 1. The van der Waals surface area contributed by atoms with Crippen molar-refractivity contribution in [2.75, 3.05) is 0 Å². The fourth-order valence-electron chi connectivity index (χ4n) is 1.91. The zero-order valence-electron chi connectivity index (χ0n) is 7.74. The van der Waals surface area contributed by atoms with Gasteiger partial charge in [0, 0.05) is 0 Å². The molecule has 14 heavy (non-hydrogen) atoms. The maximum Gasteiger partial charge on any atom is 0.323 e. The summed E-state index contributed by atoms with van der Waals surface area (Å²) < 4.78 is 0. The number of carboxylic acids is 1. The van der Waals surface area contributed by atoms with Gasteiger partial charge in [0.25, 0.3) is 0 Å². The molecule has 0 heterocycles. The van der Waals surface area contributed by atoms with Gasteiger partial charge in [-0.25, -0.2) is 0 Å². The van der Waals surface area contributed by atoms with Crippen molar-refractivity contribution in [1.82, 2.24) is 5.32 Å². The first-order valence-electron chi connectivity index (χ1n) is 4.61. The minimum atomic E-state index is -0.949. The normalized spacial score (nSPS) is 19.1. The fraction of sp³-hybridized carbons (Fsp3) is 0.778. The molecule has 5 heteroatoms. The molecule has 0 unspecified atom stereocenters. The smallest absolute Gasteiger partial charge is 0.323 e. The third-order valence-electron chi connectivity index (χ3n) is 2.60. The minimum Gasteiger partial charge on any atom is -0.520 e. The summed E-state index contributed by atoms with van der Waals surface area (Å²) in [5.41, 5.74) is 0. The van der Waals surface area contributed by atoms with Gasteiger partial charge in [-0.2, -0.15) is 6.41 Å². The van der Waals surface area contributed by atoms with Gasteiger partial charge in [-0.1, -0.05) is 19.3 Å². The van der Waals surface area contributed by atoms with E-state index in [0.717, 1.165) is 25.7 Å². The Morgan fingerprint density at radius 3 is 2.36 bits per heavy atom. The molecule has 2 N–H and O–H groups in total. The number of hydrogen-bond donors (Lipinski definition) is 2. The molecule has 0 radical (unpaired) electrons. The van der Waals surface area contributed by atoms with Crippen LogP contribution in [0.2, 0.25) is 0 Å². The molecule has 86 valence electrons. The molecule has 0 aromatic carbocycles. The Labute approximate surface area is 77.3 Å². The van der Waals surface area contributed by atoms with Crippen LogP contribution in [0.3, 0.4) is 0 Å². The van der Waals surface area contributed by atoms with E-state index in [1.807, 2.05) is 0 Å². The van der Waals surface area contributed by atoms with E-state index < -0.39 is 12.0 Å². The Morgan fingerprint density at radius 2 is 1.93 bits per heavy atom. The van der Waals surface area contributed by atoms with Crippen LogP contribution in [0.15, 0.2) is 0 Å². The Balaban J connectivity index is 0.00000169. The second kappa shape index (κ2) is 5.56. The Hall–Kier alpha value is -2.06. The van der Waals surface area contributed by atoms with Gasteiger partial charge in [-0.15, -0.1) is 0 Å². The molecule has 4 nitrogen and oxygen atoms in total. The van der Waals surface area contributed by atoms with Crippen LogP contribution in [0.4, 0.5) is 0 Å². The van der Waals surface area contributed by atoms with Gasteiger partial charge >= 0.3 is 5.97 Å². The molecule has 0 saturated heterocycles. The van der Waals surface area contributed by atoms with Gasteiger partial charge < -0.3 is 15.2 Å². The molecule has 0 aromatic heterocycles. The van der Waals surface area contributed by atoms with E-state index in [1.54, 1.807) is 0 Å². The largest absolute Gasteiger partial charge is 0.520 e. The van der Waals surface area contributed by atoms with E-state index in [1.165, 1.54) is 12.8 Å². The topological polar surface area (TPSA) is 66.4 Å². The molecule has 0 aliphatic heterocycles. The average molecular weight is 441 g/mol. The third kappa shape index (κ3) is 2.77. The summed E-state index contributed by atoms with van der Waals surface area (Å²) in [4.78, 5) is 20.8. The van der Waals surface area contributed by atoms with Crippen molar-refractivity contribution in [2.45, 2.75) is 38.1 Å². The van der Waals surface area contributed by atoms with Crippen molar-refractivity contribution in [3.05, 3.63) is 0 Å². The number of nitrogens with one attached hydrogen (secondary N) is 1. The molecular formula is C9H14FmNO3-. The Bertz CT molecular complexity index is 192. The van der Waals surface area contributed by atoms with Gasteiger partial charge in [0.15, 0.2) is 0 Å². The standard InChI is InChI=1S/C9H14NO3.Fm/c11-6-10-8(9(12)13)7-4-2-1-3-5-7;/h7-8H,1-5H2,(H,10,11)(H,12,13);/q-1;/t8-;/m1./s1. The molecule has 1 rings (SSSR count). The first-order chi connectivity index (χ1) is 6.25. The first-order valence-corrected chi connectivity index (χ1v) is 4.61. The predicted octanol–water partition coefficient (Wildman–Crippen LogP) is 0.677. The van der Waals surface area contributed by atoms with Crippen LogP contribution in [-0.4, -0.2) is 23.5 Å². The van der Waals surface area contributed by atoms with Gasteiger partial charge in [-0.05, 0) is 18.8 Å². The summed E-state index contributed by atoms with van der Waals surface area (Å²) in [6.07, 6.45) is 6.56. The van der Waals surface area contributed by atoms with Crippen LogP contribution in [0, 0.1) is 5.92 Å². The molecular weight excluding hydrogens is 427 g/mol. The minimum absolute atomic E-state index is 0. The van der Waals surface area contributed by atoms with Crippen molar-refractivity contribution in [3.63, 3.8) is 0 Å². The zero-order chi connectivity index (χ0) is 9.68. The molecule has 1 aliphatic rings. The second-order valence-electron chi connectivity index (χ2n) is 3.46. The van der Waals surface area contributed by atoms with Crippen molar-refractivity contribution in [1.29, 1.82) is 0 Å². The van der Waals surface area contributed by atoms with Crippen LogP contribution in [-0.2, 0) is 9.59 Å². The van der Waals surface area contributed by atoms with Gasteiger partial charge in [0.2, 0.25) is 0 Å². The van der Waals surface area contributed by atoms with E-state index in [9.17, 15) is 9.59 Å². The quantitative estimate of drug-likeness (QED) is 0.498. The molecule has 0 spiro atoms. The monoisotopic (exact) mass is 441 g/mol. The first kappa shape index (κ1) is 11.9. The summed E-state index contributed by atoms with van der Waals surface area (Å²) in [5.74, 6) is -0.858. The molecule has 1 fully saturated rings. The van der Waals surface area contributed by atoms with Crippen molar-refractivity contribution in [3.8, 4) is 0 Å². The number of hydrogen-bond acceptors (Lipinski definition) is 2. The average Bonchev–Trinajstić information content (AvgIpc) is 2.15. The molecule has 1 atom stereocenters. The SMILES string of the molecule is O=[C-]N[C@@H](C(=O)O)C1CCCCC1.[Fm]. The van der Waals surface area contributed by atoms with Gasteiger partial charge in [0.1, 0.15) is 6.04 Å². The summed E-state index contributed by atoms with van der Waals surface area (Å²) in [5, 5.41) is 11.1. The molecule has 0 aromatic rings. The van der Waals surface area contributed by atoms with Gasteiger partial charge in [0.05, 0.1) is 0 Å². The van der Waals surface area contributed by atoms with E-state index in [4.69, 9.17) is 5.11 Å². The molecule has 1 aliphatic carbocycles. The number of carboxylic acid groups (broad SMARTS) is 1. The maximum atomic E-state index is 10.7. The number of rotatable bonds is 4. The van der Waals surface area contributed by atoms with E-state index in [-0.39, 0.29) is 5.92 Å². The number of carbonyl (C=O) groups excluding carboxylic acids is 1. The summed E-state index contributed by atoms with van der Waals surface area (Å²) in [6.45, 7) is 0. The van der Waals surface area contributed by atoms with Crippen LogP contribution in [0.25, 0.3) is 0 Å². The zero-order valence-corrected chi connectivity index (χ0v) is 10.1. The fourth-order valence-corrected chi connectivity index (χ4v) is 1.91. The summed E-state index contributed by atoms with van der Waals surface area (Å²) in [6, 6.07) is -0.738. The number of amides is 1. The van der Waals surface area contributed by atoms with Crippen molar-refractivity contribution >= 4 is 12.4 Å². The Morgan fingerprint density at radius 1 is 1.36 bits per heavy atom. The van der Waals surface area contributed by atoms with Crippen molar-refractivity contribution in [2.24, 2.45) is 5.92 Å². The van der Waals surface area contributed by atoms with Crippen LogP contribution < -0.4 is 5.32 Å². The van der Waals surface area contributed by atoms with Crippen molar-refractivity contribution < 1.29 is 14.7 Å². The predicted molar refractivity (Wildman–Crippen MR) is 46.8 cm³/mol. The van der Waals surface area contributed by atoms with E-state index in [0.29, 0.717) is 0 Å². The summed E-state index contributed by atoms with van der Waals surface area (Å²) in [7, 11) is 0. The molecule has 1 saturated carbocycles. The van der Waals surface area contributed by atoms with Crippen LogP contribution in [0.5, 0.6) is 0 Å². The maximum absolute atomic E-state index is 10.7. The second-order valence-corrected chi connectivity index (χ2v) is 3.46. The molecule has 0 bridgehead atoms. The third-order valence-corrected chi connectivity index (χ3v) is 2.60. The van der Waals surface area contributed by atoms with Crippen LogP contribution in [0.1, 0.15) is 32.1 Å². The van der Waals surface area contributed by atoms with E-state index >= 15 is 0 Å². The molecule has 1 amide bonds. The number of carbonyl (C=O) groups is 1. The van der Waals surface area contributed by atoms with Crippen LogP contribution >= 0.6 is 0 Å². The summed E-state index contributed by atoms with van der Waals surface area (Å²) >= 11 is 0. The Kier molecular flexibility index (Phi) is 4.74. The van der Waals surface area contributed by atoms with Gasteiger partial charge in [-0.3, -0.25) is 4.79 Å². The van der Waals surface area contributed by atoms with E-state index in [2.05, 4.69) is 5.32 Å².